The van der Waals surface area contributed by atoms with E-state index in [4.69, 9.17) is 11.1 Å². The van der Waals surface area contributed by atoms with Gasteiger partial charge in [0, 0.05) is 0 Å². The molecular formula is C8H15F3N4O. The summed E-state index contributed by atoms with van der Waals surface area (Å²) in [5, 5.41) is 11.1. The molecule has 0 spiro atoms. The topological polar surface area (TPSA) is 91.0 Å². The van der Waals surface area contributed by atoms with Crippen molar-refractivity contribution in [2.75, 3.05) is 6.54 Å². The summed E-state index contributed by atoms with van der Waals surface area (Å²) in [6, 6.07) is -1.00. The van der Waals surface area contributed by atoms with E-state index in [1.165, 1.54) is 6.92 Å². The Hall–Kier alpha value is -1.47. The molecule has 0 aliphatic carbocycles. The standard InChI is InChI=1S/C8H15F3N4O/c1-3-7(2,5(12)13)15-6(16)14-4-8(9,10)11/h3-4H2,1-2H3,(H3,12,13)(H2,14,15,16). The molecule has 5 nitrogen and oxygen atoms in total. The average molecular weight is 240 g/mol. The van der Waals surface area contributed by atoms with Gasteiger partial charge in [0.25, 0.3) is 0 Å². The molecule has 0 rings (SSSR count). The number of halogens is 3. The fourth-order valence-electron chi connectivity index (χ4n) is 0.821. The highest BCUT2D eigenvalue weighted by molar-refractivity contribution is 5.91. The highest BCUT2D eigenvalue weighted by Gasteiger charge is 2.31. The second kappa shape index (κ2) is 5.04. The van der Waals surface area contributed by atoms with Gasteiger partial charge in [-0.15, -0.1) is 0 Å². The summed E-state index contributed by atoms with van der Waals surface area (Å²) in [5.74, 6) is -0.308. The fourth-order valence-corrected chi connectivity index (χ4v) is 0.821. The number of urea groups is 1. The van der Waals surface area contributed by atoms with Crippen LogP contribution < -0.4 is 16.4 Å². The summed E-state index contributed by atoms with van der Waals surface area (Å²) in [6.07, 6.45) is -4.15. The summed E-state index contributed by atoms with van der Waals surface area (Å²) in [7, 11) is 0. The largest absolute Gasteiger partial charge is 0.405 e. The monoisotopic (exact) mass is 240 g/mol. The lowest BCUT2D eigenvalue weighted by molar-refractivity contribution is -0.122. The second-order valence-corrected chi connectivity index (χ2v) is 3.52. The molecule has 0 aliphatic rings. The molecule has 0 saturated heterocycles. The summed E-state index contributed by atoms with van der Waals surface area (Å²) >= 11 is 0. The third-order valence-corrected chi connectivity index (χ3v) is 2.14. The van der Waals surface area contributed by atoms with Crippen LogP contribution in [0.2, 0.25) is 0 Å². The second-order valence-electron chi connectivity index (χ2n) is 3.52. The van der Waals surface area contributed by atoms with Gasteiger partial charge in [0.15, 0.2) is 0 Å². The van der Waals surface area contributed by atoms with Crippen molar-refractivity contribution in [3.05, 3.63) is 0 Å². The van der Waals surface area contributed by atoms with E-state index in [-0.39, 0.29) is 5.84 Å². The van der Waals surface area contributed by atoms with Crippen LogP contribution >= 0.6 is 0 Å². The van der Waals surface area contributed by atoms with Crippen molar-refractivity contribution in [1.82, 2.24) is 10.6 Å². The Morgan fingerprint density at radius 1 is 1.44 bits per heavy atom. The maximum atomic E-state index is 11.8. The van der Waals surface area contributed by atoms with E-state index in [1.54, 1.807) is 12.2 Å². The molecule has 8 heteroatoms. The Labute approximate surface area is 91.1 Å². The van der Waals surface area contributed by atoms with Gasteiger partial charge in [0.2, 0.25) is 0 Å². The first kappa shape index (κ1) is 14.5. The predicted octanol–water partition coefficient (Wildman–Crippen LogP) is 0.953. The third kappa shape index (κ3) is 4.85. The first-order valence-electron chi connectivity index (χ1n) is 4.58. The molecule has 0 aliphatic heterocycles. The van der Waals surface area contributed by atoms with Crippen molar-refractivity contribution < 1.29 is 18.0 Å². The zero-order valence-corrected chi connectivity index (χ0v) is 9.03. The van der Waals surface area contributed by atoms with Crippen LogP contribution in [-0.4, -0.2) is 30.1 Å². The van der Waals surface area contributed by atoms with Crippen molar-refractivity contribution >= 4 is 11.9 Å². The first-order valence-corrected chi connectivity index (χ1v) is 4.58. The first-order chi connectivity index (χ1) is 7.10. The molecule has 0 bridgehead atoms. The van der Waals surface area contributed by atoms with E-state index in [1.807, 2.05) is 0 Å². The number of alkyl halides is 3. The molecule has 16 heavy (non-hydrogen) atoms. The van der Waals surface area contributed by atoms with Crippen molar-refractivity contribution in [3.8, 4) is 0 Å². The number of nitrogens with one attached hydrogen (secondary N) is 3. The molecule has 0 saturated carbocycles. The quantitative estimate of drug-likeness (QED) is 0.435. The SMILES string of the molecule is CCC(C)(NC(=O)NCC(F)(F)F)C(=N)N. The van der Waals surface area contributed by atoms with Crippen LogP contribution in [0.1, 0.15) is 20.3 Å². The van der Waals surface area contributed by atoms with Crippen LogP contribution in [0, 0.1) is 5.41 Å². The van der Waals surface area contributed by atoms with Gasteiger partial charge in [-0.2, -0.15) is 13.2 Å². The van der Waals surface area contributed by atoms with E-state index >= 15 is 0 Å². The molecule has 2 amide bonds. The molecule has 5 N–H and O–H groups in total. The third-order valence-electron chi connectivity index (χ3n) is 2.14. The van der Waals surface area contributed by atoms with Crippen LogP contribution in [-0.2, 0) is 0 Å². The molecule has 0 aromatic heterocycles. The average Bonchev–Trinajstić information content (AvgIpc) is 2.13. The van der Waals surface area contributed by atoms with E-state index < -0.39 is 24.3 Å². The minimum absolute atomic E-state index is 0.307. The predicted molar refractivity (Wildman–Crippen MR) is 53.2 cm³/mol. The normalized spacial score (nSPS) is 15.1. The van der Waals surface area contributed by atoms with Gasteiger partial charge in [0.05, 0.1) is 5.54 Å². The lowest BCUT2D eigenvalue weighted by atomic mass is 9.98. The number of amidine groups is 1. The molecular weight excluding hydrogens is 225 g/mol. The van der Waals surface area contributed by atoms with Crippen molar-refractivity contribution in [3.63, 3.8) is 0 Å². The van der Waals surface area contributed by atoms with Gasteiger partial charge >= 0.3 is 12.2 Å². The molecule has 1 atom stereocenters. The Kier molecular flexibility index (Phi) is 4.58. The highest BCUT2D eigenvalue weighted by atomic mass is 19.4. The van der Waals surface area contributed by atoms with E-state index in [0.29, 0.717) is 6.42 Å². The Morgan fingerprint density at radius 2 is 1.94 bits per heavy atom. The molecule has 0 radical (unpaired) electrons. The van der Waals surface area contributed by atoms with Crippen LogP contribution in [0.15, 0.2) is 0 Å². The molecule has 1 unspecified atom stereocenters. The highest BCUT2D eigenvalue weighted by Crippen LogP contribution is 2.12. The Balaban J connectivity index is 4.28. The van der Waals surface area contributed by atoms with Crippen molar-refractivity contribution in [2.45, 2.75) is 32.0 Å². The summed E-state index contributed by atoms with van der Waals surface area (Å²) in [6.45, 7) is 1.70. The van der Waals surface area contributed by atoms with Gasteiger partial charge in [-0.3, -0.25) is 5.41 Å². The summed E-state index contributed by atoms with van der Waals surface area (Å²) < 4.78 is 35.3. The van der Waals surface area contributed by atoms with Crippen LogP contribution in [0.25, 0.3) is 0 Å². The molecule has 0 aromatic rings. The number of amides is 2. The van der Waals surface area contributed by atoms with Crippen molar-refractivity contribution in [1.29, 1.82) is 5.41 Å². The maximum absolute atomic E-state index is 11.8. The molecule has 0 heterocycles. The number of carbonyl (C=O) groups is 1. The lowest BCUT2D eigenvalue weighted by Crippen LogP contribution is -2.57. The fraction of sp³-hybridized carbons (Fsp3) is 0.750. The Bertz CT molecular complexity index is 279. The summed E-state index contributed by atoms with van der Waals surface area (Å²) in [4.78, 5) is 11.1. The maximum Gasteiger partial charge on any atom is 0.405 e. The molecule has 0 fully saturated rings. The smallest absolute Gasteiger partial charge is 0.386 e. The molecule has 94 valence electrons. The van der Waals surface area contributed by atoms with Crippen LogP contribution in [0.5, 0.6) is 0 Å². The number of hydrogen-bond donors (Lipinski definition) is 4. The zero-order chi connectivity index (χ0) is 13.0. The van der Waals surface area contributed by atoms with Gasteiger partial charge in [-0.05, 0) is 13.3 Å². The van der Waals surface area contributed by atoms with Gasteiger partial charge in [0.1, 0.15) is 12.4 Å². The van der Waals surface area contributed by atoms with Crippen LogP contribution in [0.3, 0.4) is 0 Å². The summed E-state index contributed by atoms with van der Waals surface area (Å²) in [5.41, 5.74) is 4.10. The van der Waals surface area contributed by atoms with E-state index in [2.05, 4.69) is 5.32 Å². The zero-order valence-electron chi connectivity index (χ0n) is 9.03. The number of hydrogen-bond acceptors (Lipinski definition) is 2. The number of carbonyl (C=O) groups excluding carboxylic acids is 1. The van der Waals surface area contributed by atoms with Gasteiger partial charge < -0.3 is 16.4 Å². The minimum Gasteiger partial charge on any atom is -0.386 e. The van der Waals surface area contributed by atoms with Gasteiger partial charge in [-0.1, -0.05) is 6.92 Å². The number of rotatable bonds is 4. The van der Waals surface area contributed by atoms with Crippen molar-refractivity contribution in [2.24, 2.45) is 5.73 Å². The van der Waals surface area contributed by atoms with Crippen LogP contribution in [0.4, 0.5) is 18.0 Å². The van der Waals surface area contributed by atoms with E-state index in [0.717, 1.165) is 0 Å². The Morgan fingerprint density at radius 3 is 2.25 bits per heavy atom. The molecule has 0 aromatic carbocycles. The van der Waals surface area contributed by atoms with E-state index in [9.17, 15) is 18.0 Å². The number of nitrogens with two attached hydrogens (primary N) is 1. The van der Waals surface area contributed by atoms with Gasteiger partial charge in [-0.25, -0.2) is 4.79 Å². The lowest BCUT2D eigenvalue weighted by Gasteiger charge is -2.28. The minimum atomic E-state index is -4.46.